The van der Waals surface area contributed by atoms with E-state index in [9.17, 15) is 0 Å². The Morgan fingerprint density at radius 2 is 1.39 bits per heavy atom. The largest absolute Gasteiger partial charge is 0.496 e. The lowest BCUT2D eigenvalue weighted by Gasteiger charge is -2.23. The third kappa shape index (κ3) is 5.45. The number of benzene rings is 2. The van der Waals surface area contributed by atoms with Crippen molar-refractivity contribution in [3.63, 3.8) is 0 Å². The van der Waals surface area contributed by atoms with Gasteiger partial charge in [0.25, 0.3) is 0 Å². The van der Waals surface area contributed by atoms with Crippen LogP contribution in [0.3, 0.4) is 0 Å². The van der Waals surface area contributed by atoms with Crippen LogP contribution in [-0.2, 0) is 6.54 Å². The molecule has 0 aliphatic carbocycles. The topological polar surface area (TPSA) is 49.0 Å². The van der Waals surface area contributed by atoms with Crippen molar-refractivity contribution in [2.75, 3.05) is 27.9 Å². The van der Waals surface area contributed by atoms with E-state index in [1.807, 2.05) is 6.92 Å². The quantitative estimate of drug-likeness (QED) is 0.531. The monoisotopic (exact) mass is 429 g/mol. The lowest BCUT2D eigenvalue weighted by Crippen LogP contribution is -2.29. The third-order valence-corrected chi connectivity index (χ3v) is 5.93. The molecule has 0 spiro atoms. The maximum atomic E-state index is 6.33. The van der Waals surface area contributed by atoms with Gasteiger partial charge in [0.15, 0.2) is 0 Å². The second-order valence-electron chi connectivity index (χ2n) is 8.49. The maximum absolute atomic E-state index is 6.33. The summed E-state index contributed by atoms with van der Waals surface area (Å²) in [5, 5.41) is 3.54. The van der Waals surface area contributed by atoms with Gasteiger partial charge in [0.05, 0.1) is 21.3 Å². The minimum atomic E-state index is 0.00466. The standard InChI is InChI=1S/C26H39NO4/c1-15(2)21-12-23(28-8)16(3)11-24(21)31-17(4)13-27-14-22-20(7)25(29-9)18(5)19(6)26(22)30-10/h11-12,15,17,27H,13-14H2,1-10H3. The highest BCUT2D eigenvalue weighted by atomic mass is 16.5. The summed E-state index contributed by atoms with van der Waals surface area (Å²) in [6, 6.07) is 4.16. The zero-order valence-corrected chi connectivity index (χ0v) is 20.9. The molecule has 5 heteroatoms. The molecule has 172 valence electrons. The third-order valence-electron chi connectivity index (χ3n) is 5.93. The smallest absolute Gasteiger partial charge is 0.127 e. The van der Waals surface area contributed by atoms with E-state index in [1.54, 1.807) is 21.3 Å². The molecule has 1 unspecified atom stereocenters. The van der Waals surface area contributed by atoms with Crippen molar-refractivity contribution in [1.82, 2.24) is 5.32 Å². The van der Waals surface area contributed by atoms with Crippen LogP contribution in [0.25, 0.3) is 0 Å². The summed E-state index contributed by atoms with van der Waals surface area (Å²) in [5.74, 6) is 4.01. The minimum Gasteiger partial charge on any atom is -0.496 e. The summed E-state index contributed by atoms with van der Waals surface area (Å²) in [6.45, 7) is 16.1. The molecule has 2 aromatic rings. The van der Waals surface area contributed by atoms with Crippen molar-refractivity contribution in [3.05, 3.63) is 45.5 Å². The van der Waals surface area contributed by atoms with E-state index in [2.05, 4.69) is 59.0 Å². The number of methoxy groups -OCH3 is 3. The fourth-order valence-corrected chi connectivity index (χ4v) is 4.06. The fraction of sp³-hybridized carbons (Fsp3) is 0.538. The highest BCUT2D eigenvalue weighted by Gasteiger charge is 2.19. The highest BCUT2D eigenvalue weighted by molar-refractivity contribution is 5.58. The van der Waals surface area contributed by atoms with Crippen molar-refractivity contribution in [2.45, 2.75) is 67.0 Å². The SMILES string of the molecule is COc1cc(C(C)C)c(OC(C)CNCc2c(C)c(OC)c(C)c(C)c2OC)cc1C. The Balaban J connectivity index is 2.14. The van der Waals surface area contributed by atoms with Gasteiger partial charge in [-0.3, -0.25) is 0 Å². The van der Waals surface area contributed by atoms with Crippen molar-refractivity contribution in [3.8, 4) is 23.0 Å². The van der Waals surface area contributed by atoms with Crippen LogP contribution in [0.4, 0.5) is 0 Å². The van der Waals surface area contributed by atoms with Gasteiger partial charge in [0.2, 0.25) is 0 Å². The van der Waals surface area contributed by atoms with Crippen LogP contribution in [0.1, 0.15) is 60.1 Å². The van der Waals surface area contributed by atoms with Gasteiger partial charge in [0.1, 0.15) is 29.1 Å². The first-order valence-corrected chi connectivity index (χ1v) is 10.9. The second kappa shape index (κ2) is 10.8. The molecule has 0 aliphatic rings. The van der Waals surface area contributed by atoms with Crippen LogP contribution in [0, 0.1) is 27.7 Å². The van der Waals surface area contributed by atoms with Crippen LogP contribution >= 0.6 is 0 Å². The zero-order chi connectivity index (χ0) is 23.3. The van der Waals surface area contributed by atoms with E-state index in [0.29, 0.717) is 19.0 Å². The summed E-state index contributed by atoms with van der Waals surface area (Å²) in [4.78, 5) is 0. The van der Waals surface area contributed by atoms with Crippen molar-refractivity contribution in [1.29, 1.82) is 0 Å². The maximum Gasteiger partial charge on any atom is 0.127 e. The summed E-state index contributed by atoms with van der Waals surface area (Å²) >= 11 is 0. The van der Waals surface area contributed by atoms with E-state index in [1.165, 1.54) is 0 Å². The summed E-state index contributed by atoms with van der Waals surface area (Å²) in [6.07, 6.45) is 0.00466. The van der Waals surface area contributed by atoms with Gasteiger partial charge in [-0.25, -0.2) is 0 Å². The van der Waals surface area contributed by atoms with Crippen molar-refractivity contribution in [2.24, 2.45) is 0 Å². The van der Waals surface area contributed by atoms with Crippen molar-refractivity contribution >= 4 is 0 Å². The number of rotatable bonds is 10. The molecule has 0 bridgehead atoms. The molecule has 0 aromatic heterocycles. The average molecular weight is 430 g/mol. The molecule has 1 N–H and O–H groups in total. The minimum absolute atomic E-state index is 0.00466. The molecular formula is C26H39NO4. The van der Waals surface area contributed by atoms with Gasteiger partial charge in [-0.1, -0.05) is 13.8 Å². The van der Waals surface area contributed by atoms with E-state index in [0.717, 1.165) is 56.4 Å². The lowest BCUT2D eigenvalue weighted by atomic mass is 9.97. The molecular weight excluding hydrogens is 390 g/mol. The van der Waals surface area contributed by atoms with Crippen LogP contribution in [0.5, 0.6) is 23.0 Å². The summed E-state index contributed by atoms with van der Waals surface area (Å²) in [5.41, 5.74) is 6.69. The normalized spacial score (nSPS) is 12.1. The molecule has 0 saturated heterocycles. The summed E-state index contributed by atoms with van der Waals surface area (Å²) in [7, 11) is 5.15. The molecule has 31 heavy (non-hydrogen) atoms. The van der Waals surface area contributed by atoms with Gasteiger partial charge >= 0.3 is 0 Å². The highest BCUT2D eigenvalue weighted by Crippen LogP contribution is 2.37. The Morgan fingerprint density at radius 3 is 1.94 bits per heavy atom. The molecule has 2 rings (SSSR count). The Kier molecular flexibility index (Phi) is 8.63. The average Bonchev–Trinajstić information content (AvgIpc) is 2.72. The molecule has 2 aromatic carbocycles. The first-order chi connectivity index (χ1) is 14.7. The lowest BCUT2D eigenvalue weighted by molar-refractivity contribution is 0.213. The summed E-state index contributed by atoms with van der Waals surface area (Å²) < 4.78 is 23.2. The van der Waals surface area contributed by atoms with Crippen LogP contribution < -0.4 is 24.3 Å². The van der Waals surface area contributed by atoms with Gasteiger partial charge < -0.3 is 24.3 Å². The Morgan fingerprint density at radius 1 is 0.774 bits per heavy atom. The molecule has 0 radical (unpaired) electrons. The molecule has 0 fully saturated rings. The molecule has 0 aliphatic heterocycles. The first kappa shape index (κ1) is 24.9. The van der Waals surface area contributed by atoms with Gasteiger partial charge in [-0.15, -0.1) is 0 Å². The number of hydrogen-bond acceptors (Lipinski definition) is 5. The number of nitrogens with one attached hydrogen (secondary N) is 1. The van der Waals surface area contributed by atoms with E-state index in [-0.39, 0.29) is 6.10 Å². The van der Waals surface area contributed by atoms with Gasteiger partial charge in [0, 0.05) is 24.2 Å². The molecule has 5 nitrogen and oxygen atoms in total. The number of hydrogen-bond donors (Lipinski definition) is 1. The van der Waals surface area contributed by atoms with Crippen LogP contribution in [0.2, 0.25) is 0 Å². The first-order valence-electron chi connectivity index (χ1n) is 10.9. The molecule has 0 saturated carbocycles. The number of aryl methyl sites for hydroxylation is 1. The van der Waals surface area contributed by atoms with Gasteiger partial charge in [-0.2, -0.15) is 0 Å². The van der Waals surface area contributed by atoms with E-state index in [4.69, 9.17) is 18.9 Å². The molecule has 1 atom stereocenters. The predicted octanol–water partition coefficient (Wildman–Crippen LogP) is 5.63. The van der Waals surface area contributed by atoms with Crippen molar-refractivity contribution < 1.29 is 18.9 Å². The molecule has 0 amide bonds. The van der Waals surface area contributed by atoms with Crippen LogP contribution in [-0.4, -0.2) is 34.0 Å². The Labute approximate surface area is 188 Å². The zero-order valence-electron chi connectivity index (χ0n) is 20.9. The molecule has 0 heterocycles. The fourth-order valence-electron chi connectivity index (χ4n) is 4.06. The van der Waals surface area contributed by atoms with E-state index < -0.39 is 0 Å². The predicted molar refractivity (Wildman–Crippen MR) is 127 cm³/mol. The Hall–Kier alpha value is -2.40. The Bertz CT molecular complexity index is 905. The second-order valence-corrected chi connectivity index (χ2v) is 8.49. The van der Waals surface area contributed by atoms with E-state index >= 15 is 0 Å². The van der Waals surface area contributed by atoms with Gasteiger partial charge in [-0.05, 0) is 74.9 Å². The number of ether oxygens (including phenoxy) is 4. The van der Waals surface area contributed by atoms with Crippen LogP contribution in [0.15, 0.2) is 12.1 Å².